The average molecular weight is 346 g/mol. The number of hydrogen-bond donors (Lipinski definition) is 0. The molecule has 1 aromatic rings. The van der Waals surface area contributed by atoms with Gasteiger partial charge >= 0.3 is 0 Å². The van der Waals surface area contributed by atoms with Crippen molar-refractivity contribution in [2.24, 2.45) is 13.0 Å². The van der Waals surface area contributed by atoms with Crippen LogP contribution in [0, 0.1) is 5.92 Å². The first-order valence-electron chi connectivity index (χ1n) is 9.78. The van der Waals surface area contributed by atoms with Gasteiger partial charge in [0.1, 0.15) is 0 Å². The molecule has 0 aliphatic carbocycles. The SMILES string of the molecule is Cn1cc(CCC(=O)N2C[C@H]3CC[C@@H]2CN(C2CCOCC2)C3)cn1. The van der Waals surface area contributed by atoms with Crippen LogP contribution < -0.4 is 0 Å². The molecular formula is C19H30N4O2. The molecule has 0 radical (unpaired) electrons. The molecule has 4 aliphatic rings. The van der Waals surface area contributed by atoms with Gasteiger partial charge in [0.05, 0.1) is 6.20 Å². The molecule has 5 heterocycles. The zero-order chi connectivity index (χ0) is 17.2. The van der Waals surface area contributed by atoms with Crippen LogP contribution in [0.2, 0.25) is 0 Å². The van der Waals surface area contributed by atoms with Gasteiger partial charge < -0.3 is 9.64 Å². The van der Waals surface area contributed by atoms with E-state index in [1.54, 1.807) is 4.68 Å². The largest absolute Gasteiger partial charge is 0.381 e. The predicted molar refractivity (Wildman–Crippen MR) is 95.2 cm³/mol. The molecule has 0 aromatic carbocycles. The second-order valence-corrected chi connectivity index (χ2v) is 7.96. The molecule has 0 unspecified atom stereocenters. The lowest BCUT2D eigenvalue weighted by molar-refractivity contribution is -0.135. The van der Waals surface area contributed by atoms with Crippen LogP contribution in [0.3, 0.4) is 0 Å². The van der Waals surface area contributed by atoms with Crippen molar-refractivity contribution in [3.8, 4) is 0 Å². The van der Waals surface area contributed by atoms with E-state index in [2.05, 4.69) is 14.9 Å². The second-order valence-electron chi connectivity index (χ2n) is 7.96. The number of ether oxygens (including phenoxy) is 1. The number of carbonyl (C=O) groups excluding carboxylic acids is 1. The Bertz CT molecular complexity index is 596. The number of fused-ring (bicyclic) bond motifs is 4. The topological polar surface area (TPSA) is 50.6 Å². The van der Waals surface area contributed by atoms with E-state index in [4.69, 9.17) is 4.74 Å². The molecule has 0 saturated carbocycles. The Hall–Kier alpha value is -1.40. The third kappa shape index (κ3) is 3.90. The van der Waals surface area contributed by atoms with Crippen molar-refractivity contribution in [2.75, 3.05) is 32.8 Å². The first-order chi connectivity index (χ1) is 12.2. The van der Waals surface area contributed by atoms with Gasteiger partial charge in [-0.25, -0.2) is 0 Å². The number of rotatable bonds is 4. The van der Waals surface area contributed by atoms with Gasteiger partial charge in [0.15, 0.2) is 0 Å². The van der Waals surface area contributed by atoms with Crippen molar-refractivity contribution in [1.82, 2.24) is 19.6 Å². The summed E-state index contributed by atoms with van der Waals surface area (Å²) >= 11 is 0. The van der Waals surface area contributed by atoms with E-state index in [1.807, 2.05) is 19.4 Å². The van der Waals surface area contributed by atoms with E-state index in [0.29, 0.717) is 30.3 Å². The minimum Gasteiger partial charge on any atom is -0.381 e. The van der Waals surface area contributed by atoms with Crippen molar-refractivity contribution in [2.45, 2.75) is 50.6 Å². The van der Waals surface area contributed by atoms with Crippen LogP contribution >= 0.6 is 0 Å². The summed E-state index contributed by atoms with van der Waals surface area (Å²) in [5.41, 5.74) is 1.15. The molecule has 1 aromatic heterocycles. The zero-order valence-electron chi connectivity index (χ0n) is 15.3. The van der Waals surface area contributed by atoms with Crippen molar-refractivity contribution < 1.29 is 9.53 Å². The fourth-order valence-corrected chi connectivity index (χ4v) is 4.77. The highest BCUT2D eigenvalue weighted by molar-refractivity contribution is 5.77. The summed E-state index contributed by atoms with van der Waals surface area (Å²) in [7, 11) is 1.92. The van der Waals surface area contributed by atoms with E-state index >= 15 is 0 Å². The fraction of sp³-hybridized carbons (Fsp3) is 0.789. The van der Waals surface area contributed by atoms with Crippen molar-refractivity contribution in [1.29, 1.82) is 0 Å². The summed E-state index contributed by atoms with van der Waals surface area (Å²) in [4.78, 5) is 17.7. The Balaban J connectivity index is 1.37. The quantitative estimate of drug-likeness (QED) is 0.828. The summed E-state index contributed by atoms with van der Waals surface area (Å²) in [5, 5.41) is 4.20. The van der Waals surface area contributed by atoms with Crippen LogP contribution in [0.15, 0.2) is 12.4 Å². The maximum Gasteiger partial charge on any atom is 0.223 e. The Labute approximate surface area is 150 Å². The summed E-state index contributed by atoms with van der Waals surface area (Å²) in [5.74, 6) is 0.969. The van der Waals surface area contributed by atoms with Gasteiger partial charge in [0.2, 0.25) is 5.91 Å². The second kappa shape index (κ2) is 7.46. The van der Waals surface area contributed by atoms with Crippen molar-refractivity contribution in [3.05, 3.63) is 18.0 Å². The molecule has 6 nitrogen and oxygen atoms in total. The highest BCUT2D eigenvalue weighted by atomic mass is 16.5. The smallest absolute Gasteiger partial charge is 0.223 e. The molecule has 5 rings (SSSR count). The number of nitrogens with zero attached hydrogens (tertiary/aromatic N) is 4. The molecule has 2 atom stereocenters. The highest BCUT2D eigenvalue weighted by Gasteiger charge is 2.39. The van der Waals surface area contributed by atoms with Gasteiger partial charge in [0.25, 0.3) is 0 Å². The lowest BCUT2D eigenvalue weighted by Gasteiger charge is -2.37. The van der Waals surface area contributed by atoms with Crippen LogP contribution in [-0.4, -0.2) is 70.4 Å². The van der Waals surface area contributed by atoms with E-state index in [0.717, 1.165) is 57.7 Å². The van der Waals surface area contributed by atoms with Gasteiger partial charge in [-0.05, 0) is 43.6 Å². The number of hydrogen-bond acceptors (Lipinski definition) is 4. The molecule has 4 saturated heterocycles. The molecule has 138 valence electrons. The molecular weight excluding hydrogens is 316 g/mol. The fourth-order valence-electron chi connectivity index (χ4n) is 4.77. The summed E-state index contributed by atoms with van der Waals surface area (Å²) in [6, 6.07) is 1.06. The van der Waals surface area contributed by atoms with Crippen LogP contribution in [0.4, 0.5) is 0 Å². The number of aryl methyl sites for hydroxylation is 2. The third-order valence-electron chi connectivity index (χ3n) is 6.16. The molecule has 1 amide bonds. The number of piperidine rings is 1. The number of aromatic nitrogens is 2. The first kappa shape index (κ1) is 17.0. The van der Waals surface area contributed by atoms with Gasteiger partial charge in [-0.15, -0.1) is 0 Å². The minimum absolute atomic E-state index is 0.326. The van der Waals surface area contributed by atoms with Crippen LogP contribution in [0.25, 0.3) is 0 Å². The number of amides is 1. The Kier molecular flexibility index (Phi) is 5.08. The Morgan fingerprint density at radius 2 is 2.00 bits per heavy atom. The average Bonchev–Trinajstić information content (AvgIpc) is 2.85. The normalized spacial score (nSPS) is 28.3. The lowest BCUT2D eigenvalue weighted by atomic mass is 9.94. The molecule has 6 heteroatoms. The maximum absolute atomic E-state index is 12.9. The van der Waals surface area contributed by atoms with Crippen LogP contribution in [-0.2, 0) is 23.0 Å². The first-order valence-corrected chi connectivity index (χ1v) is 9.78. The van der Waals surface area contributed by atoms with Crippen molar-refractivity contribution in [3.63, 3.8) is 0 Å². The van der Waals surface area contributed by atoms with Gasteiger partial charge in [-0.3, -0.25) is 14.4 Å². The Morgan fingerprint density at radius 1 is 1.16 bits per heavy atom. The molecule has 4 aliphatic heterocycles. The van der Waals surface area contributed by atoms with E-state index < -0.39 is 0 Å². The van der Waals surface area contributed by atoms with Crippen LogP contribution in [0.1, 0.15) is 37.7 Å². The highest BCUT2D eigenvalue weighted by Crippen LogP contribution is 2.31. The Morgan fingerprint density at radius 3 is 2.76 bits per heavy atom. The number of carbonyl (C=O) groups is 1. The molecule has 2 bridgehead atoms. The van der Waals surface area contributed by atoms with E-state index in [1.165, 1.54) is 12.8 Å². The van der Waals surface area contributed by atoms with E-state index in [9.17, 15) is 4.79 Å². The maximum atomic E-state index is 12.9. The minimum atomic E-state index is 0.326. The van der Waals surface area contributed by atoms with Crippen LogP contribution in [0.5, 0.6) is 0 Å². The van der Waals surface area contributed by atoms with Crippen molar-refractivity contribution >= 4 is 5.91 Å². The van der Waals surface area contributed by atoms with Gasteiger partial charge in [-0.1, -0.05) is 0 Å². The predicted octanol–water partition coefficient (Wildman–Crippen LogP) is 1.45. The standard InChI is InChI=1S/C19H30N4O2/c1-21-11-15(10-20-21)3-5-19(24)23-13-16-2-4-18(23)14-22(12-16)17-6-8-25-9-7-17/h10-11,16-18H,2-9,12-14H2,1H3/t16-,18+/m0/s1. The summed E-state index contributed by atoms with van der Waals surface area (Å²) < 4.78 is 7.33. The summed E-state index contributed by atoms with van der Waals surface area (Å²) in [6.07, 6.45) is 10.0. The lowest BCUT2D eigenvalue weighted by Crippen LogP contribution is -2.48. The molecule has 25 heavy (non-hydrogen) atoms. The third-order valence-corrected chi connectivity index (χ3v) is 6.16. The van der Waals surface area contributed by atoms with Gasteiger partial charge in [-0.2, -0.15) is 5.10 Å². The zero-order valence-corrected chi connectivity index (χ0v) is 15.3. The van der Waals surface area contributed by atoms with Gasteiger partial charge in [0, 0.05) is 64.6 Å². The molecule has 0 N–H and O–H groups in total. The monoisotopic (exact) mass is 346 g/mol. The summed E-state index contributed by atoms with van der Waals surface area (Å²) in [6.45, 7) is 4.96. The molecule has 4 fully saturated rings. The molecule has 0 spiro atoms. The van der Waals surface area contributed by atoms with E-state index in [-0.39, 0.29) is 0 Å².